The Morgan fingerprint density at radius 2 is 2.37 bits per heavy atom. The number of rotatable bonds is 2. The summed E-state index contributed by atoms with van der Waals surface area (Å²) in [7, 11) is 0. The van der Waals surface area contributed by atoms with Crippen molar-refractivity contribution < 1.29 is 4.79 Å². The zero-order chi connectivity index (χ0) is 13.7. The van der Waals surface area contributed by atoms with Gasteiger partial charge in [0.2, 0.25) is 0 Å². The highest BCUT2D eigenvalue weighted by Gasteiger charge is 2.11. The molecule has 2 rings (SSSR count). The van der Waals surface area contributed by atoms with Gasteiger partial charge < -0.3 is 5.73 Å². The van der Waals surface area contributed by atoms with Crippen LogP contribution in [0.4, 0.5) is 5.13 Å². The molecule has 0 atom stereocenters. The van der Waals surface area contributed by atoms with Crippen LogP contribution in [-0.4, -0.2) is 17.4 Å². The third-order valence-corrected chi connectivity index (χ3v) is 3.24. The predicted molar refractivity (Wildman–Crippen MR) is 77.2 cm³/mol. The number of thiazole rings is 1. The van der Waals surface area contributed by atoms with Crippen molar-refractivity contribution >= 4 is 22.4 Å². The molecule has 0 aliphatic carbocycles. The number of anilines is 1. The van der Waals surface area contributed by atoms with Crippen LogP contribution in [0.3, 0.4) is 0 Å². The number of benzene rings is 1. The molecular formula is C14H13N3OS. The average Bonchev–Trinajstić information content (AvgIpc) is 2.90. The predicted octanol–water partition coefficient (Wildman–Crippen LogP) is 2.01. The standard InChI is InChI=1S/C14H13N3OS/c1-10-11(5-3-7-15)4-2-6-12(10)13(18)17-14-16-8-9-19-14/h2,4,6,8-9H,7,15H2,1H3,(H,16,17,18). The number of carbonyl (C=O) groups excluding carboxylic acids is 1. The maximum atomic E-state index is 12.1. The Balaban J connectivity index is 2.27. The number of nitrogens with two attached hydrogens (primary N) is 1. The Hall–Kier alpha value is -2.16. The molecule has 0 spiro atoms. The highest BCUT2D eigenvalue weighted by molar-refractivity contribution is 7.13. The van der Waals surface area contributed by atoms with Crippen molar-refractivity contribution in [1.82, 2.24) is 4.98 Å². The lowest BCUT2D eigenvalue weighted by Crippen LogP contribution is -2.13. The first-order valence-electron chi connectivity index (χ1n) is 5.71. The summed E-state index contributed by atoms with van der Waals surface area (Å²) < 4.78 is 0. The number of aromatic nitrogens is 1. The molecule has 5 heteroatoms. The lowest BCUT2D eigenvalue weighted by Gasteiger charge is -2.07. The van der Waals surface area contributed by atoms with E-state index in [9.17, 15) is 4.79 Å². The number of nitrogens with one attached hydrogen (secondary N) is 1. The van der Waals surface area contributed by atoms with E-state index in [1.807, 2.05) is 24.4 Å². The monoisotopic (exact) mass is 271 g/mol. The smallest absolute Gasteiger partial charge is 0.257 e. The molecule has 0 saturated heterocycles. The van der Waals surface area contributed by atoms with E-state index in [1.54, 1.807) is 12.3 Å². The second-order valence-corrected chi connectivity index (χ2v) is 4.67. The maximum Gasteiger partial charge on any atom is 0.257 e. The second-order valence-electron chi connectivity index (χ2n) is 3.78. The van der Waals surface area contributed by atoms with Crippen LogP contribution in [0.1, 0.15) is 21.5 Å². The number of carbonyl (C=O) groups is 1. The molecule has 0 aliphatic heterocycles. The summed E-state index contributed by atoms with van der Waals surface area (Å²) >= 11 is 1.38. The van der Waals surface area contributed by atoms with E-state index in [4.69, 9.17) is 5.73 Å². The lowest BCUT2D eigenvalue weighted by molar-refractivity contribution is 0.102. The molecule has 96 valence electrons. The highest BCUT2D eigenvalue weighted by atomic mass is 32.1. The maximum absolute atomic E-state index is 12.1. The Kier molecular flexibility index (Phi) is 4.29. The summed E-state index contributed by atoms with van der Waals surface area (Å²) in [6.45, 7) is 2.17. The van der Waals surface area contributed by atoms with Crippen molar-refractivity contribution in [2.24, 2.45) is 5.73 Å². The molecule has 4 nitrogen and oxygen atoms in total. The highest BCUT2D eigenvalue weighted by Crippen LogP contribution is 2.16. The number of nitrogens with zero attached hydrogens (tertiary/aromatic N) is 1. The Bertz CT molecular complexity index is 638. The molecule has 3 N–H and O–H groups in total. The van der Waals surface area contributed by atoms with Gasteiger partial charge in [0.05, 0.1) is 6.54 Å². The van der Waals surface area contributed by atoms with E-state index in [0.29, 0.717) is 17.2 Å². The van der Waals surface area contributed by atoms with Gasteiger partial charge in [-0.25, -0.2) is 4.98 Å². The van der Waals surface area contributed by atoms with Crippen molar-refractivity contribution in [1.29, 1.82) is 0 Å². The molecule has 0 aliphatic rings. The second kappa shape index (κ2) is 6.14. The van der Waals surface area contributed by atoms with Gasteiger partial charge in [0.25, 0.3) is 5.91 Å². The molecular weight excluding hydrogens is 258 g/mol. The number of amides is 1. The van der Waals surface area contributed by atoms with Gasteiger partial charge in [-0.3, -0.25) is 10.1 Å². The van der Waals surface area contributed by atoms with Gasteiger partial charge in [-0.2, -0.15) is 0 Å². The minimum atomic E-state index is -0.177. The van der Waals surface area contributed by atoms with Gasteiger partial charge in [0.1, 0.15) is 0 Å². The summed E-state index contributed by atoms with van der Waals surface area (Å²) in [6, 6.07) is 5.45. The average molecular weight is 271 g/mol. The topological polar surface area (TPSA) is 68.0 Å². The van der Waals surface area contributed by atoms with Gasteiger partial charge >= 0.3 is 0 Å². The van der Waals surface area contributed by atoms with Crippen LogP contribution in [0, 0.1) is 18.8 Å². The van der Waals surface area contributed by atoms with Crippen molar-refractivity contribution in [2.75, 3.05) is 11.9 Å². The summed E-state index contributed by atoms with van der Waals surface area (Å²) in [5.74, 6) is 5.57. The Labute approximate surface area is 115 Å². The van der Waals surface area contributed by atoms with Crippen LogP contribution < -0.4 is 11.1 Å². The van der Waals surface area contributed by atoms with E-state index < -0.39 is 0 Å². The minimum Gasteiger partial charge on any atom is -0.320 e. The molecule has 0 radical (unpaired) electrons. The van der Waals surface area contributed by atoms with E-state index in [1.165, 1.54) is 11.3 Å². The molecule has 0 bridgehead atoms. The lowest BCUT2D eigenvalue weighted by atomic mass is 10.0. The minimum absolute atomic E-state index is 0.177. The summed E-state index contributed by atoms with van der Waals surface area (Å²) in [5, 5.41) is 5.16. The van der Waals surface area contributed by atoms with E-state index in [2.05, 4.69) is 22.1 Å². The molecule has 1 aromatic carbocycles. The quantitative estimate of drug-likeness (QED) is 0.821. The molecule has 1 heterocycles. The normalized spacial score (nSPS) is 9.58. The first-order chi connectivity index (χ1) is 9.22. The van der Waals surface area contributed by atoms with Crippen LogP contribution in [0.15, 0.2) is 29.8 Å². The molecule has 2 aromatic rings. The first-order valence-corrected chi connectivity index (χ1v) is 6.59. The van der Waals surface area contributed by atoms with Crippen LogP contribution in [-0.2, 0) is 0 Å². The van der Waals surface area contributed by atoms with Gasteiger partial charge in [0, 0.05) is 22.7 Å². The fourth-order valence-electron chi connectivity index (χ4n) is 1.61. The largest absolute Gasteiger partial charge is 0.320 e. The Morgan fingerprint density at radius 3 is 3.05 bits per heavy atom. The van der Waals surface area contributed by atoms with Gasteiger partial charge in [0.15, 0.2) is 5.13 Å². The van der Waals surface area contributed by atoms with Gasteiger partial charge in [-0.1, -0.05) is 17.9 Å². The van der Waals surface area contributed by atoms with E-state index in [-0.39, 0.29) is 5.91 Å². The van der Waals surface area contributed by atoms with Crippen molar-refractivity contribution in [3.05, 3.63) is 46.5 Å². The molecule has 1 aromatic heterocycles. The molecule has 0 unspecified atom stereocenters. The van der Waals surface area contributed by atoms with Crippen molar-refractivity contribution in [2.45, 2.75) is 6.92 Å². The number of hydrogen-bond acceptors (Lipinski definition) is 4. The summed E-state index contributed by atoms with van der Waals surface area (Å²) in [5.41, 5.74) is 7.61. The van der Waals surface area contributed by atoms with E-state index in [0.717, 1.165) is 11.1 Å². The first kappa shape index (κ1) is 13.3. The van der Waals surface area contributed by atoms with Crippen molar-refractivity contribution in [3.63, 3.8) is 0 Å². The summed E-state index contributed by atoms with van der Waals surface area (Å²) in [4.78, 5) is 16.2. The fraction of sp³-hybridized carbons (Fsp3) is 0.143. The van der Waals surface area contributed by atoms with Gasteiger partial charge in [-0.15, -0.1) is 11.3 Å². The number of hydrogen-bond donors (Lipinski definition) is 2. The molecule has 19 heavy (non-hydrogen) atoms. The van der Waals surface area contributed by atoms with Crippen LogP contribution in [0.25, 0.3) is 0 Å². The van der Waals surface area contributed by atoms with Crippen LogP contribution in [0.5, 0.6) is 0 Å². The van der Waals surface area contributed by atoms with Crippen LogP contribution >= 0.6 is 11.3 Å². The molecule has 0 fully saturated rings. The SMILES string of the molecule is Cc1c(C#CCN)cccc1C(=O)Nc1nccs1. The summed E-state index contributed by atoms with van der Waals surface area (Å²) in [6.07, 6.45) is 1.65. The third kappa shape index (κ3) is 3.19. The third-order valence-electron chi connectivity index (χ3n) is 2.56. The Morgan fingerprint density at radius 1 is 1.53 bits per heavy atom. The van der Waals surface area contributed by atoms with Crippen LogP contribution in [0.2, 0.25) is 0 Å². The van der Waals surface area contributed by atoms with Gasteiger partial charge in [-0.05, 0) is 24.6 Å². The van der Waals surface area contributed by atoms with Crippen molar-refractivity contribution in [3.8, 4) is 11.8 Å². The fourth-order valence-corrected chi connectivity index (χ4v) is 2.14. The zero-order valence-electron chi connectivity index (χ0n) is 10.4. The molecule has 1 amide bonds. The zero-order valence-corrected chi connectivity index (χ0v) is 11.3. The van der Waals surface area contributed by atoms with E-state index >= 15 is 0 Å². The molecule has 0 saturated carbocycles.